The molecule has 1 aromatic rings. The number of hydrogen-bond acceptors (Lipinski definition) is 3. The number of hydrogen-bond donors (Lipinski definition) is 1. The third-order valence-electron chi connectivity index (χ3n) is 4.09. The molecule has 2 rings (SSSR count). The third kappa shape index (κ3) is 3.17. The van der Waals surface area contributed by atoms with Crippen molar-refractivity contribution in [3.8, 4) is 0 Å². The molecular weight excluding hydrogens is 268 g/mol. The molecule has 0 unspecified atom stereocenters. The molecule has 5 heteroatoms. The average molecular weight is 290 g/mol. The first-order valence-corrected chi connectivity index (χ1v) is 7.27. The van der Waals surface area contributed by atoms with Crippen LogP contribution in [0.1, 0.15) is 35.7 Å². The average Bonchev–Trinajstić information content (AvgIpc) is 2.98. The van der Waals surface area contributed by atoms with Crippen LogP contribution in [0.4, 0.5) is 5.69 Å². The number of carboxylic acid groups (broad SMARTS) is 1. The van der Waals surface area contributed by atoms with E-state index in [1.165, 1.54) is 18.9 Å². The number of carbonyl (C=O) groups excluding carboxylic acids is 1. The summed E-state index contributed by atoms with van der Waals surface area (Å²) < 4.78 is 0. The minimum atomic E-state index is -0.999. The van der Waals surface area contributed by atoms with E-state index in [9.17, 15) is 9.59 Å². The molecule has 1 saturated heterocycles. The Hall–Kier alpha value is -2.04. The molecule has 1 N–H and O–H groups in total. The minimum absolute atomic E-state index is 0.240. The minimum Gasteiger partial charge on any atom is -0.480 e. The van der Waals surface area contributed by atoms with Crippen LogP contribution < -0.4 is 4.90 Å². The Morgan fingerprint density at radius 2 is 1.90 bits per heavy atom. The van der Waals surface area contributed by atoms with Gasteiger partial charge in [0.25, 0.3) is 5.91 Å². The van der Waals surface area contributed by atoms with Gasteiger partial charge in [0.05, 0.1) is 5.56 Å². The predicted octanol–water partition coefficient (Wildman–Crippen LogP) is 2.14. The molecular formula is C16H22N2O3. The zero-order valence-corrected chi connectivity index (χ0v) is 12.8. The molecule has 1 atom stereocenters. The Morgan fingerprint density at radius 3 is 2.48 bits per heavy atom. The first-order valence-electron chi connectivity index (χ1n) is 7.27. The highest BCUT2D eigenvalue weighted by atomic mass is 16.4. The monoisotopic (exact) mass is 290 g/mol. The van der Waals surface area contributed by atoms with Crippen molar-refractivity contribution in [3.05, 3.63) is 29.3 Å². The van der Waals surface area contributed by atoms with E-state index >= 15 is 0 Å². The van der Waals surface area contributed by atoms with Crippen LogP contribution >= 0.6 is 0 Å². The summed E-state index contributed by atoms with van der Waals surface area (Å²) in [5.41, 5.74) is 2.50. The van der Waals surface area contributed by atoms with Gasteiger partial charge >= 0.3 is 5.97 Å². The highest BCUT2D eigenvalue weighted by molar-refractivity contribution is 6.01. The van der Waals surface area contributed by atoms with E-state index in [0.717, 1.165) is 37.2 Å². The number of aliphatic carboxylic acids is 1. The molecule has 1 aromatic carbocycles. The smallest absolute Gasteiger partial charge is 0.326 e. The van der Waals surface area contributed by atoms with Crippen LogP contribution in [0.2, 0.25) is 0 Å². The van der Waals surface area contributed by atoms with Crippen molar-refractivity contribution < 1.29 is 14.7 Å². The second-order valence-corrected chi connectivity index (χ2v) is 5.65. The fraction of sp³-hybridized carbons (Fsp3) is 0.500. The normalized spacial score (nSPS) is 15.9. The summed E-state index contributed by atoms with van der Waals surface area (Å²) in [6.45, 7) is 5.35. The standard InChI is InChI=1S/C16H22N2O3/c1-11-6-7-14(18-8-4-5-9-18)13(10-11)15(19)17(3)12(2)16(20)21/h6-7,10,12H,4-5,8-9H2,1-3H3,(H,20,21)/t12-/m1/s1. The predicted molar refractivity (Wildman–Crippen MR) is 81.8 cm³/mol. The van der Waals surface area contributed by atoms with Gasteiger partial charge in [0.2, 0.25) is 0 Å². The number of amides is 1. The molecule has 1 fully saturated rings. The Labute approximate surface area is 125 Å². The lowest BCUT2D eigenvalue weighted by molar-refractivity contribution is -0.141. The number of anilines is 1. The number of likely N-dealkylation sites (N-methyl/N-ethyl adjacent to an activating group) is 1. The van der Waals surface area contributed by atoms with E-state index in [4.69, 9.17) is 5.11 Å². The zero-order chi connectivity index (χ0) is 15.6. The van der Waals surface area contributed by atoms with E-state index in [-0.39, 0.29) is 5.91 Å². The van der Waals surface area contributed by atoms with Crippen molar-refractivity contribution in [1.29, 1.82) is 0 Å². The Balaban J connectivity index is 2.35. The maximum Gasteiger partial charge on any atom is 0.326 e. The van der Waals surface area contributed by atoms with Gasteiger partial charge in [0.1, 0.15) is 6.04 Å². The largest absolute Gasteiger partial charge is 0.480 e. The lowest BCUT2D eigenvalue weighted by Crippen LogP contribution is -2.40. The fourth-order valence-electron chi connectivity index (χ4n) is 2.59. The summed E-state index contributed by atoms with van der Waals surface area (Å²) in [5.74, 6) is -1.24. The topological polar surface area (TPSA) is 60.9 Å². The SMILES string of the molecule is Cc1ccc(N2CCCC2)c(C(=O)N(C)[C@H](C)C(=O)O)c1. The summed E-state index contributed by atoms with van der Waals surface area (Å²) in [6.07, 6.45) is 2.26. The van der Waals surface area contributed by atoms with Crippen molar-refractivity contribution >= 4 is 17.6 Å². The number of nitrogens with zero attached hydrogens (tertiary/aromatic N) is 2. The number of rotatable bonds is 4. The van der Waals surface area contributed by atoms with Crippen LogP contribution in [0, 0.1) is 6.92 Å². The molecule has 21 heavy (non-hydrogen) atoms. The summed E-state index contributed by atoms with van der Waals surface area (Å²) in [6, 6.07) is 4.96. The van der Waals surface area contributed by atoms with Gasteiger partial charge in [-0.1, -0.05) is 11.6 Å². The van der Waals surface area contributed by atoms with Crippen molar-refractivity contribution in [2.45, 2.75) is 32.7 Å². The molecule has 1 aliphatic rings. The van der Waals surface area contributed by atoms with Crippen LogP contribution in [-0.2, 0) is 4.79 Å². The van der Waals surface area contributed by atoms with E-state index in [0.29, 0.717) is 5.56 Å². The lowest BCUT2D eigenvalue weighted by atomic mass is 10.1. The molecule has 0 saturated carbocycles. The van der Waals surface area contributed by atoms with Gasteiger partial charge in [-0.05, 0) is 38.8 Å². The molecule has 1 amide bonds. The van der Waals surface area contributed by atoms with Crippen molar-refractivity contribution in [2.24, 2.45) is 0 Å². The quantitative estimate of drug-likeness (QED) is 0.923. The van der Waals surface area contributed by atoms with Crippen molar-refractivity contribution in [3.63, 3.8) is 0 Å². The maximum atomic E-state index is 12.7. The molecule has 0 bridgehead atoms. The number of aryl methyl sites for hydroxylation is 1. The Morgan fingerprint density at radius 1 is 1.29 bits per heavy atom. The van der Waals surface area contributed by atoms with Crippen LogP contribution in [0.25, 0.3) is 0 Å². The number of carbonyl (C=O) groups is 2. The zero-order valence-electron chi connectivity index (χ0n) is 12.8. The van der Waals surface area contributed by atoms with Gasteiger partial charge in [-0.15, -0.1) is 0 Å². The molecule has 0 aromatic heterocycles. The summed E-state index contributed by atoms with van der Waals surface area (Å²) >= 11 is 0. The number of benzene rings is 1. The van der Waals surface area contributed by atoms with Gasteiger partial charge < -0.3 is 14.9 Å². The molecule has 5 nitrogen and oxygen atoms in total. The van der Waals surface area contributed by atoms with E-state index in [2.05, 4.69) is 4.90 Å². The molecule has 0 radical (unpaired) electrons. The van der Waals surface area contributed by atoms with Gasteiger partial charge in [-0.25, -0.2) is 4.79 Å². The molecule has 1 aliphatic heterocycles. The Bertz CT molecular complexity index is 550. The second kappa shape index (κ2) is 6.16. The van der Waals surface area contributed by atoms with Crippen LogP contribution in [0.3, 0.4) is 0 Å². The fourth-order valence-corrected chi connectivity index (χ4v) is 2.59. The van der Waals surface area contributed by atoms with Crippen molar-refractivity contribution in [2.75, 3.05) is 25.0 Å². The van der Waals surface area contributed by atoms with Crippen molar-refractivity contribution in [1.82, 2.24) is 4.90 Å². The molecule has 1 heterocycles. The van der Waals surface area contributed by atoms with E-state index < -0.39 is 12.0 Å². The van der Waals surface area contributed by atoms with Crippen LogP contribution in [0.5, 0.6) is 0 Å². The first-order chi connectivity index (χ1) is 9.91. The van der Waals surface area contributed by atoms with Gasteiger partial charge in [0, 0.05) is 25.8 Å². The second-order valence-electron chi connectivity index (χ2n) is 5.65. The third-order valence-corrected chi connectivity index (χ3v) is 4.09. The van der Waals surface area contributed by atoms with Crippen LogP contribution in [0.15, 0.2) is 18.2 Å². The van der Waals surface area contributed by atoms with E-state index in [1.54, 1.807) is 0 Å². The Kier molecular flexibility index (Phi) is 4.50. The highest BCUT2D eigenvalue weighted by Crippen LogP contribution is 2.27. The molecule has 114 valence electrons. The van der Waals surface area contributed by atoms with E-state index in [1.807, 2.05) is 25.1 Å². The highest BCUT2D eigenvalue weighted by Gasteiger charge is 2.26. The van der Waals surface area contributed by atoms with Gasteiger partial charge in [-0.2, -0.15) is 0 Å². The van der Waals surface area contributed by atoms with Crippen LogP contribution in [-0.4, -0.2) is 48.1 Å². The maximum absolute atomic E-state index is 12.7. The number of carboxylic acids is 1. The summed E-state index contributed by atoms with van der Waals surface area (Å²) in [7, 11) is 1.54. The first kappa shape index (κ1) is 15.4. The molecule has 0 aliphatic carbocycles. The summed E-state index contributed by atoms with van der Waals surface area (Å²) in [5, 5.41) is 9.08. The summed E-state index contributed by atoms with van der Waals surface area (Å²) in [4.78, 5) is 27.2. The molecule has 0 spiro atoms. The van der Waals surface area contributed by atoms with Gasteiger partial charge in [-0.3, -0.25) is 4.79 Å². The van der Waals surface area contributed by atoms with Gasteiger partial charge in [0.15, 0.2) is 0 Å². The lowest BCUT2D eigenvalue weighted by Gasteiger charge is -2.26.